The lowest BCUT2D eigenvalue weighted by Crippen LogP contribution is -2.42. The summed E-state index contributed by atoms with van der Waals surface area (Å²) in [6.07, 6.45) is 7.47. The van der Waals surface area contributed by atoms with Gasteiger partial charge in [0, 0.05) is 6.04 Å². The molecule has 0 bridgehead atoms. The van der Waals surface area contributed by atoms with Crippen molar-refractivity contribution in [1.29, 1.82) is 0 Å². The molecular weight excluding hydrogens is 194 g/mol. The van der Waals surface area contributed by atoms with E-state index in [4.69, 9.17) is 0 Å². The highest BCUT2D eigenvalue weighted by atomic mass is 15.2. The lowest BCUT2D eigenvalue weighted by molar-refractivity contribution is 0.0821. The molecule has 0 aromatic heterocycles. The van der Waals surface area contributed by atoms with Gasteiger partial charge in [-0.2, -0.15) is 0 Å². The fourth-order valence-corrected chi connectivity index (χ4v) is 3.79. The van der Waals surface area contributed by atoms with Crippen molar-refractivity contribution in [3.8, 4) is 0 Å². The Labute approximate surface area is 102 Å². The first-order valence-electron chi connectivity index (χ1n) is 7.26. The standard InChI is InChI=1S/C15H29N/c1-12(2)14-5-6-15(11-14)7-9-16(10-8-15)13(3)4/h12-14H,5-11H2,1-4H3. The van der Waals surface area contributed by atoms with Gasteiger partial charge in [-0.15, -0.1) is 0 Å². The Morgan fingerprint density at radius 2 is 1.62 bits per heavy atom. The molecule has 1 nitrogen and oxygen atoms in total. The van der Waals surface area contributed by atoms with Crippen molar-refractivity contribution in [3.63, 3.8) is 0 Å². The van der Waals surface area contributed by atoms with Crippen LogP contribution in [-0.4, -0.2) is 24.0 Å². The normalized spacial score (nSPS) is 30.8. The lowest BCUT2D eigenvalue weighted by atomic mass is 9.75. The summed E-state index contributed by atoms with van der Waals surface area (Å²) >= 11 is 0. The van der Waals surface area contributed by atoms with Crippen molar-refractivity contribution < 1.29 is 0 Å². The molecule has 1 saturated heterocycles. The van der Waals surface area contributed by atoms with Gasteiger partial charge >= 0.3 is 0 Å². The molecule has 0 radical (unpaired) electrons. The van der Waals surface area contributed by atoms with E-state index in [1.165, 1.54) is 45.2 Å². The van der Waals surface area contributed by atoms with Crippen molar-refractivity contribution >= 4 is 0 Å². The van der Waals surface area contributed by atoms with E-state index >= 15 is 0 Å². The Bertz CT molecular complexity index is 224. The number of hydrogen-bond acceptors (Lipinski definition) is 1. The minimum atomic E-state index is 0.750. The average Bonchev–Trinajstić information content (AvgIpc) is 2.63. The first-order chi connectivity index (χ1) is 7.52. The van der Waals surface area contributed by atoms with Crippen LogP contribution in [0.2, 0.25) is 0 Å². The van der Waals surface area contributed by atoms with Crippen molar-refractivity contribution in [1.82, 2.24) is 4.90 Å². The summed E-state index contributed by atoms with van der Waals surface area (Å²) in [6.45, 7) is 12.2. The van der Waals surface area contributed by atoms with Gasteiger partial charge in [-0.05, 0) is 76.3 Å². The fraction of sp³-hybridized carbons (Fsp3) is 1.00. The molecule has 1 saturated carbocycles. The molecule has 0 N–H and O–H groups in total. The largest absolute Gasteiger partial charge is 0.301 e. The van der Waals surface area contributed by atoms with E-state index in [0.717, 1.165) is 23.3 Å². The molecule has 0 aromatic carbocycles. The summed E-state index contributed by atoms with van der Waals surface area (Å²) in [4.78, 5) is 2.66. The van der Waals surface area contributed by atoms with Crippen LogP contribution in [0.5, 0.6) is 0 Å². The van der Waals surface area contributed by atoms with Crippen LogP contribution in [0.3, 0.4) is 0 Å². The second-order valence-electron chi connectivity index (χ2n) is 6.88. The maximum atomic E-state index is 2.66. The van der Waals surface area contributed by atoms with Crippen LogP contribution in [0.4, 0.5) is 0 Å². The van der Waals surface area contributed by atoms with Crippen molar-refractivity contribution in [2.24, 2.45) is 17.3 Å². The second kappa shape index (κ2) is 4.68. The van der Waals surface area contributed by atoms with Gasteiger partial charge in [0.05, 0.1) is 0 Å². The van der Waals surface area contributed by atoms with Crippen LogP contribution in [0.1, 0.15) is 59.8 Å². The highest BCUT2D eigenvalue weighted by molar-refractivity contribution is 4.94. The maximum absolute atomic E-state index is 2.66. The zero-order valence-corrected chi connectivity index (χ0v) is 11.6. The number of likely N-dealkylation sites (tertiary alicyclic amines) is 1. The molecule has 0 amide bonds. The van der Waals surface area contributed by atoms with E-state index in [1.807, 2.05) is 0 Å². The van der Waals surface area contributed by atoms with E-state index in [1.54, 1.807) is 0 Å². The van der Waals surface area contributed by atoms with Gasteiger partial charge in [0.1, 0.15) is 0 Å². The van der Waals surface area contributed by atoms with E-state index in [2.05, 4.69) is 32.6 Å². The minimum absolute atomic E-state index is 0.750. The summed E-state index contributed by atoms with van der Waals surface area (Å²) < 4.78 is 0. The zero-order valence-electron chi connectivity index (χ0n) is 11.6. The van der Waals surface area contributed by atoms with E-state index in [-0.39, 0.29) is 0 Å². The Kier molecular flexibility index (Phi) is 3.63. The third-order valence-electron chi connectivity index (χ3n) is 5.27. The van der Waals surface area contributed by atoms with Gasteiger partial charge in [-0.3, -0.25) is 0 Å². The first kappa shape index (κ1) is 12.4. The molecule has 1 unspecified atom stereocenters. The molecule has 0 aromatic rings. The Hall–Kier alpha value is -0.0400. The molecule has 94 valence electrons. The van der Waals surface area contributed by atoms with Crippen LogP contribution >= 0.6 is 0 Å². The summed E-state index contributed by atoms with van der Waals surface area (Å²) in [5.41, 5.74) is 0.750. The third-order valence-corrected chi connectivity index (χ3v) is 5.27. The molecule has 1 heterocycles. The van der Waals surface area contributed by atoms with E-state index in [0.29, 0.717) is 0 Å². The highest BCUT2D eigenvalue weighted by Gasteiger charge is 2.41. The van der Waals surface area contributed by atoms with Crippen molar-refractivity contribution in [3.05, 3.63) is 0 Å². The van der Waals surface area contributed by atoms with E-state index in [9.17, 15) is 0 Å². The van der Waals surface area contributed by atoms with Crippen LogP contribution in [0.15, 0.2) is 0 Å². The van der Waals surface area contributed by atoms with Gasteiger partial charge in [-0.25, -0.2) is 0 Å². The summed E-state index contributed by atoms with van der Waals surface area (Å²) in [5.74, 6) is 1.92. The molecule has 1 aliphatic carbocycles. The van der Waals surface area contributed by atoms with Crippen LogP contribution in [-0.2, 0) is 0 Å². The summed E-state index contributed by atoms with van der Waals surface area (Å²) in [6, 6.07) is 0.750. The number of piperidine rings is 1. The van der Waals surface area contributed by atoms with Crippen LogP contribution in [0, 0.1) is 17.3 Å². The maximum Gasteiger partial charge on any atom is 0.00385 e. The van der Waals surface area contributed by atoms with Gasteiger partial charge < -0.3 is 4.90 Å². The molecule has 1 heteroatoms. The fourth-order valence-electron chi connectivity index (χ4n) is 3.79. The molecule has 1 spiro atoms. The number of hydrogen-bond donors (Lipinski definition) is 0. The monoisotopic (exact) mass is 223 g/mol. The smallest absolute Gasteiger partial charge is 0.00385 e. The minimum Gasteiger partial charge on any atom is -0.301 e. The summed E-state index contributed by atoms with van der Waals surface area (Å²) in [7, 11) is 0. The molecule has 2 fully saturated rings. The van der Waals surface area contributed by atoms with Crippen LogP contribution < -0.4 is 0 Å². The van der Waals surface area contributed by atoms with Crippen LogP contribution in [0.25, 0.3) is 0 Å². The topological polar surface area (TPSA) is 3.24 Å². The number of nitrogens with zero attached hydrogens (tertiary/aromatic N) is 1. The van der Waals surface area contributed by atoms with E-state index < -0.39 is 0 Å². The predicted molar refractivity (Wildman–Crippen MR) is 70.6 cm³/mol. The molecule has 1 aliphatic heterocycles. The molecular formula is C15H29N. The first-order valence-corrected chi connectivity index (χ1v) is 7.26. The highest BCUT2D eigenvalue weighted by Crippen LogP contribution is 2.50. The SMILES string of the molecule is CC(C)C1CCC2(CCN(C(C)C)CC2)C1. The molecule has 2 aliphatic rings. The number of rotatable bonds is 2. The van der Waals surface area contributed by atoms with Gasteiger partial charge in [0.25, 0.3) is 0 Å². The molecule has 1 atom stereocenters. The zero-order chi connectivity index (χ0) is 11.8. The lowest BCUT2D eigenvalue weighted by Gasteiger charge is -2.41. The molecule has 2 rings (SSSR count). The molecule has 16 heavy (non-hydrogen) atoms. The third kappa shape index (κ3) is 2.45. The second-order valence-corrected chi connectivity index (χ2v) is 6.88. The Balaban J connectivity index is 1.89. The van der Waals surface area contributed by atoms with Gasteiger partial charge in [-0.1, -0.05) is 13.8 Å². The van der Waals surface area contributed by atoms with Crippen molar-refractivity contribution in [2.45, 2.75) is 65.8 Å². The Morgan fingerprint density at radius 3 is 2.06 bits per heavy atom. The van der Waals surface area contributed by atoms with Gasteiger partial charge in [0.2, 0.25) is 0 Å². The van der Waals surface area contributed by atoms with Crippen molar-refractivity contribution in [2.75, 3.05) is 13.1 Å². The van der Waals surface area contributed by atoms with Gasteiger partial charge in [0.15, 0.2) is 0 Å². The Morgan fingerprint density at radius 1 is 1.00 bits per heavy atom. The average molecular weight is 223 g/mol. The quantitative estimate of drug-likeness (QED) is 0.685. The summed E-state index contributed by atoms with van der Waals surface area (Å²) in [5, 5.41) is 0. The predicted octanol–water partition coefficient (Wildman–Crippen LogP) is 3.93.